The first kappa shape index (κ1) is 44.3. The van der Waals surface area contributed by atoms with Gasteiger partial charge in [-0.2, -0.15) is 0 Å². The minimum Gasteiger partial charge on any atom is -0.481 e. The summed E-state index contributed by atoms with van der Waals surface area (Å²) in [6.07, 6.45) is 7.65. The molecule has 1 aromatic carbocycles. The lowest BCUT2D eigenvalue weighted by atomic mass is 9.34. The molecule has 0 spiro atoms. The van der Waals surface area contributed by atoms with Crippen LogP contribution in [0.3, 0.4) is 0 Å². The maximum absolute atomic E-state index is 14.3. The van der Waals surface area contributed by atoms with Crippen molar-refractivity contribution in [1.29, 1.82) is 0 Å². The van der Waals surface area contributed by atoms with E-state index in [4.69, 9.17) is 16.3 Å². The molecule has 4 fully saturated rings. The number of carbonyl (C=O) groups is 3. The molecule has 0 aromatic heterocycles. The van der Waals surface area contributed by atoms with Gasteiger partial charge in [0.25, 0.3) is 0 Å². The largest absolute Gasteiger partial charge is 0.481 e. The highest BCUT2D eigenvalue weighted by Crippen LogP contribution is 2.76. The Morgan fingerprint density at radius 3 is 2.26 bits per heavy atom. The number of ketones is 1. The van der Waals surface area contributed by atoms with Crippen LogP contribution in [0.25, 0.3) is 0 Å². The van der Waals surface area contributed by atoms with E-state index in [1.807, 2.05) is 26.0 Å². The van der Waals surface area contributed by atoms with Crippen molar-refractivity contribution in [2.24, 2.45) is 56.7 Å². The smallest absolute Gasteiger partial charge is 0.306 e. The molecule has 9 heteroatoms. The zero-order valence-electron chi connectivity index (χ0n) is 36.8. The van der Waals surface area contributed by atoms with Crippen molar-refractivity contribution in [1.82, 2.24) is 9.80 Å². The summed E-state index contributed by atoms with van der Waals surface area (Å²) in [5, 5.41) is 22.7. The Labute approximate surface area is 348 Å². The quantitative estimate of drug-likeness (QED) is 0.179. The molecule has 318 valence electrons. The van der Waals surface area contributed by atoms with Gasteiger partial charge in [0, 0.05) is 43.0 Å². The van der Waals surface area contributed by atoms with Crippen LogP contribution in [-0.4, -0.2) is 83.7 Å². The average Bonchev–Trinajstić information content (AvgIpc) is 3.42. The van der Waals surface area contributed by atoms with Crippen LogP contribution in [0, 0.1) is 56.7 Å². The number of aliphatic hydroxyl groups is 1. The second kappa shape index (κ2) is 16.3. The molecule has 0 bridgehead atoms. The molecule has 2 N–H and O–H groups in total. The van der Waals surface area contributed by atoms with Gasteiger partial charge < -0.3 is 19.8 Å². The molecule has 5 aliphatic rings. The number of esters is 1. The Kier molecular flexibility index (Phi) is 12.7. The molecule has 0 radical (unpaired) electrons. The van der Waals surface area contributed by atoms with Crippen LogP contribution in [0.2, 0.25) is 5.02 Å². The lowest BCUT2D eigenvalue weighted by Crippen LogP contribution is -2.65. The van der Waals surface area contributed by atoms with E-state index in [0.717, 1.165) is 75.6 Å². The number of likely N-dealkylation sites (N-methyl/N-ethyl adjacent to an activating group) is 1. The lowest BCUT2D eigenvalue weighted by molar-refractivity contribution is -0.218. The van der Waals surface area contributed by atoms with Gasteiger partial charge in [0.15, 0.2) is 5.78 Å². The number of Topliss-reactive ketones (excluding diaryl/α,β-unsaturated/α-hetero) is 1. The summed E-state index contributed by atoms with van der Waals surface area (Å²) in [5.74, 6) is 0.600. The second-order valence-corrected chi connectivity index (χ2v) is 21.9. The number of aliphatic carboxylic acids is 1. The first-order valence-electron chi connectivity index (χ1n) is 22.1. The summed E-state index contributed by atoms with van der Waals surface area (Å²) in [7, 11) is 4.17. The summed E-state index contributed by atoms with van der Waals surface area (Å²) >= 11 is 6.24. The third-order valence-corrected chi connectivity index (χ3v) is 17.1. The van der Waals surface area contributed by atoms with Gasteiger partial charge in [0.05, 0.1) is 18.9 Å². The number of rotatable bonds is 14. The van der Waals surface area contributed by atoms with Crippen molar-refractivity contribution in [2.45, 2.75) is 145 Å². The molecule has 4 saturated carbocycles. The molecule has 0 amide bonds. The molecule has 5 aliphatic carbocycles. The van der Waals surface area contributed by atoms with Gasteiger partial charge in [0.1, 0.15) is 6.10 Å². The van der Waals surface area contributed by atoms with E-state index in [0.29, 0.717) is 36.4 Å². The van der Waals surface area contributed by atoms with E-state index in [-0.39, 0.29) is 64.7 Å². The van der Waals surface area contributed by atoms with E-state index < -0.39 is 22.9 Å². The average molecular weight is 810 g/mol. The molecule has 10 atom stereocenters. The lowest BCUT2D eigenvalue weighted by Gasteiger charge is -2.71. The zero-order chi connectivity index (χ0) is 41.9. The highest BCUT2D eigenvalue weighted by atomic mass is 35.5. The Balaban J connectivity index is 1.25. The Bertz CT molecular complexity index is 1710. The van der Waals surface area contributed by atoms with Crippen LogP contribution < -0.4 is 0 Å². The van der Waals surface area contributed by atoms with Gasteiger partial charge in [-0.25, -0.2) is 0 Å². The summed E-state index contributed by atoms with van der Waals surface area (Å²) in [5.41, 5.74) is 2.44. The fourth-order valence-corrected chi connectivity index (χ4v) is 13.9. The minimum absolute atomic E-state index is 0.0105. The number of carboxylic acid groups (broad SMARTS) is 1. The van der Waals surface area contributed by atoms with Gasteiger partial charge in [-0.05, 0) is 140 Å². The van der Waals surface area contributed by atoms with Crippen molar-refractivity contribution in [3.63, 3.8) is 0 Å². The van der Waals surface area contributed by atoms with Crippen molar-refractivity contribution in [2.75, 3.05) is 33.7 Å². The topological polar surface area (TPSA) is 107 Å². The van der Waals surface area contributed by atoms with Gasteiger partial charge >= 0.3 is 11.9 Å². The first-order chi connectivity index (χ1) is 26.6. The number of nitrogens with zero attached hydrogens (tertiary/aromatic N) is 2. The summed E-state index contributed by atoms with van der Waals surface area (Å²) in [6.45, 7) is 20.9. The first-order valence-corrected chi connectivity index (χ1v) is 22.4. The van der Waals surface area contributed by atoms with E-state index in [1.54, 1.807) is 0 Å². The standard InChI is InChI=1S/C48H73ClN2O6/c1-30(2)42-36(52)25-48(39(53)29-51(24-23-50(9)10)28-32-11-13-33(49)14-12-32)22-21-46(7)35(43(42)48)15-16-38-45(6)19-18-37(31(3)34(45)17-20-47(38,46)8)57-41(56)27-44(4,5)26-40(54)55/h11-14,30-31,34-35,37-39,53H,15-29H2,1-10H3,(H,54,55)/t31-,34+,35-,37+,38-,39+,45+,46-,47-,48+/m1/s1. The fourth-order valence-electron chi connectivity index (χ4n) is 13.8. The van der Waals surface area contributed by atoms with Gasteiger partial charge in [-0.3, -0.25) is 19.3 Å². The van der Waals surface area contributed by atoms with Crippen molar-refractivity contribution < 1.29 is 29.3 Å². The number of allylic oxidation sites excluding steroid dienone is 1. The number of halogens is 1. The summed E-state index contributed by atoms with van der Waals surface area (Å²) < 4.78 is 6.19. The predicted molar refractivity (Wildman–Crippen MR) is 227 cm³/mol. The highest BCUT2D eigenvalue weighted by Gasteiger charge is 2.69. The van der Waals surface area contributed by atoms with Crippen LogP contribution in [0.1, 0.15) is 132 Å². The van der Waals surface area contributed by atoms with E-state index >= 15 is 0 Å². The Hall–Kier alpha value is -2.26. The van der Waals surface area contributed by atoms with Crippen LogP contribution in [0.15, 0.2) is 35.4 Å². The molecule has 6 rings (SSSR count). The van der Waals surface area contributed by atoms with Gasteiger partial charge in [-0.1, -0.05) is 84.7 Å². The zero-order valence-corrected chi connectivity index (χ0v) is 37.5. The molecule has 8 nitrogen and oxygen atoms in total. The molecule has 0 aliphatic heterocycles. The van der Waals surface area contributed by atoms with Crippen LogP contribution in [0.5, 0.6) is 0 Å². The molecule has 1 aromatic rings. The molecule has 0 heterocycles. The third kappa shape index (κ3) is 8.16. The number of benzene rings is 1. The molecule has 0 saturated heterocycles. The monoisotopic (exact) mass is 809 g/mol. The van der Waals surface area contributed by atoms with Crippen LogP contribution in [-0.2, 0) is 25.7 Å². The number of aliphatic hydroxyl groups excluding tert-OH is 1. The van der Waals surface area contributed by atoms with Crippen molar-refractivity contribution in [3.05, 3.63) is 46.0 Å². The van der Waals surface area contributed by atoms with Gasteiger partial charge in [-0.15, -0.1) is 0 Å². The number of ether oxygens (including phenoxy) is 1. The van der Waals surface area contributed by atoms with Crippen LogP contribution in [0.4, 0.5) is 0 Å². The number of fused-ring (bicyclic) bond motifs is 7. The Morgan fingerprint density at radius 2 is 1.63 bits per heavy atom. The normalized spacial score (nSPS) is 35.8. The molecule has 0 unspecified atom stereocenters. The third-order valence-electron chi connectivity index (χ3n) is 16.8. The molecular weight excluding hydrogens is 736 g/mol. The minimum atomic E-state index is -0.896. The molecular formula is C48H73ClN2O6. The second-order valence-electron chi connectivity index (χ2n) is 21.4. The molecule has 57 heavy (non-hydrogen) atoms. The number of carboxylic acids is 1. The number of hydrogen-bond acceptors (Lipinski definition) is 7. The van der Waals surface area contributed by atoms with Gasteiger partial charge in [0.2, 0.25) is 0 Å². The predicted octanol–water partition coefficient (Wildman–Crippen LogP) is 9.46. The van der Waals surface area contributed by atoms with E-state index in [1.165, 1.54) is 5.57 Å². The van der Waals surface area contributed by atoms with Crippen molar-refractivity contribution in [3.8, 4) is 0 Å². The SMILES string of the molecule is CC(C)C1=C2[C@H]3CC[C@@H]4[C@@]5(C)CC[C@H](OC(=O)CC(C)(C)CC(=O)O)[C@H](C)[C@@H]5CC[C@@]4(C)[C@]3(C)CC[C@@]2([C@@H](O)CN(CCN(C)C)Cc2ccc(Cl)cc2)CC1=O. The highest BCUT2D eigenvalue weighted by molar-refractivity contribution is 6.30. The summed E-state index contributed by atoms with van der Waals surface area (Å²) in [6, 6.07) is 8.01. The maximum Gasteiger partial charge on any atom is 0.306 e. The number of carbonyl (C=O) groups excluding carboxylic acids is 2. The number of hydrogen-bond donors (Lipinski definition) is 2. The fraction of sp³-hybridized carbons (Fsp3) is 0.771. The van der Waals surface area contributed by atoms with Crippen molar-refractivity contribution >= 4 is 29.3 Å². The van der Waals surface area contributed by atoms with Crippen LogP contribution >= 0.6 is 11.6 Å². The maximum atomic E-state index is 14.3. The summed E-state index contributed by atoms with van der Waals surface area (Å²) in [4.78, 5) is 43.4. The van der Waals surface area contributed by atoms with E-state index in [2.05, 4.69) is 77.6 Å². The van der Waals surface area contributed by atoms with E-state index in [9.17, 15) is 24.6 Å². The Morgan fingerprint density at radius 1 is 0.947 bits per heavy atom.